The number of aromatic nitrogens is 1. The minimum atomic E-state index is -0.0507. The van der Waals surface area contributed by atoms with Crippen molar-refractivity contribution in [2.45, 2.75) is 19.9 Å². The van der Waals surface area contributed by atoms with Crippen molar-refractivity contribution in [3.05, 3.63) is 89.6 Å². The molecule has 0 spiro atoms. The average Bonchev–Trinajstić information content (AvgIpc) is 3.15. The van der Waals surface area contributed by atoms with Crippen molar-refractivity contribution in [2.24, 2.45) is 0 Å². The molecule has 0 atom stereocenters. The van der Waals surface area contributed by atoms with Gasteiger partial charge in [0.1, 0.15) is 0 Å². The summed E-state index contributed by atoms with van der Waals surface area (Å²) in [6, 6.07) is 23.2. The molecule has 2 heterocycles. The van der Waals surface area contributed by atoms with Gasteiger partial charge in [0, 0.05) is 30.2 Å². The predicted octanol–water partition coefficient (Wildman–Crippen LogP) is 5.73. The topological polar surface area (TPSA) is 48.1 Å². The standard InChI is InChI=1S/C25H23N3O/c1-17-7-10-23-22(13-17)24(15-26-23)27-25(29)28-12-11-20-14-19(8-9-21(20)16-28)18-5-3-2-4-6-18/h2-10,13-15,26H,11-12,16H2,1H3,(H,27,29). The van der Waals surface area contributed by atoms with Crippen LogP contribution < -0.4 is 5.32 Å². The van der Waals surface area contributed by atoms with E-state index >= 15 is 0 Å². The van der Waals surface area contributed by atoms with Gasteiger partial charge < -0.3 is 15.2 Å². The van der Waals surface area contributed by atoms with Crippen LogP contribution in [-0.2, 0) is 13.0 Å². The van der Waals surface area contributed by atoms with Gasteiger partial charge in [-0.05, 0) is 47.7 Å². The smallest absolute Gasteiger partial charge is 0.322 e. The molecule has 0 saturated carbocycles. The van der Waals surface area contributed by atoms with E-state index in [-0.39, 0.29) is 6.03 Å². The van der Waals surface area contributed by atoms with Crippen LogP contribution in [0.1, 0.15) is 16.7 Å². The maximum absolute atomic E-state index is 12.9. The molecule has 0 unspecified atom stereocenters. The number of hydrogen-bond acceptors (Lipinski definition) is 1. The Morgan fingerprint density at radius 2 is 1.83 bits per heavy atom. The summed E-state index contributed by atoms with van der Waals surface area (Å²) in [4.78, 5) is 18.0. The Bertz CT molecular complexity index is 1190. The first-order valence-electron chi connectivity index (χ1n) is 9.98. The molecule has 2 N–H and O–H groups in total. The number of aromatic amines is 1. The monoisotopic (exact) mass is 381 g/mol. The lowest BCUT2D eigenvalue weighted by Gasteiger charge is -2.29. The number of carbonyl (C=O) groups excluding carboxylic acids is 1. The summed E-state index contributed by atoms with van der Waals surface area (Å²) in [5.41, 5.74) is 8.05. The largest absolute Gasteiger partial charge is 0.359 e. The van der Waals surface area contributed by atoms with E-state index in [1.807, 2.05) is 23.2 Å². The lowest BCUT2D eigenvalue weighted by atomic mass is 9.95. The van der Waals surface area contributed by atoms with E-state index in [0.717, 1.165) is 29.6 Å². The number of nitrogens with one attached hydrogen (secondary N) is 2. The highest BCUT2D eigenvalue weighted by atomic mass is 16.2. The van der Waals surface area contributed by atoms with Gasteiger partial charge in [-0.1, -0.05) is 60.2 Å². The number of urea groups is 1. The van der Waals surface area contributed by atoms with E-state index in [1.165, 1.54) is 27.8 Å². The minimum absolute atomic E-state index is 0.0507. The van der Waals surface area contributed by atoms with Crippen LogP contribution in [0.25, 0.3) is 22.0 Å². The van der Waals surface area contributed by atoms with Gasteiger partial charge in [-0.2, -0.15) is 0 Å². The quantitative estimate of drug-likeness (QED) is 0.457. The Morgan fingerprint density at radius 1 is 0.966 bits per heavy atom. The van der Waals surface area contributed by atoms with E-state index in [1.54, 1.807) is 0 Å². The van der Waals surface area contributed by atoms with Crippen LogP contribution >= 0.6 is 0 Å². The molecule has 0 aliphatic carbocycles. The number of fused-ring (bicyclic) bond motifs is 2. The Hall–Kier alpha value is -3.53. The molecule has 0 fully saturated rings. The van der Waals surface area contributed by atoms with Crippen LogP contribution in [0.2, 0.25) is 0 Å². The Morgan fingerprint density at radius 3 is 2.69 bits per heavy atom. The van der Waals surface area contributed by atoms with Gasteiger partial charge >= 0.3 is 6.03 Å². The molecule has 144 valence electrons. The van der Waals surface area contributed by atoms with Crippen LogP contribution in [0, 0.1) is 6.92 Å². The Labute approximate surface area is 170 Å². The number of nitrogens with zero attached hydrogens (tertiary/aromatic N) is 1. The number of benzene rings is 3. The van der Waals surface area contributed by atoms with Crippen LogP contribution in [-0.4, -0.2) is 22.5 Å². The van der Waals surface area contributed by atoms with Crippen molar-refractivity contribution in [2.75, 3.05) is 11.9 Å². The van der Waals surface area contributed by atoms with Crippen molar-refractivity contribution >= 4 is 22.6 Å². The highest BCUT2D eigenvalue weighted by Gasteiger charge is 2.22. The maximum atomic E-state index is 12.9. The van der Waals surface area contributed by atoms with Crippen LogP contribution in [0.5, 0.6) is 0 Å². The minimum Gasteiger partial charge on any atom is -0.359 e. The number of anilines is 1. The van der Waals surface area contributed by atoms with E-state index in [4.69, 9.17) is 0 Å². The molecule has 1 aliphatic heterocycles. The zero-order valence-electron chi connectivity index (χ0n) is 16.4. The highest BCUT2D eigenvalue weighted by molar-refractivity contribution is 6.01. The fourth-order valence-corrected chi connectivity index (χ4v) is 4.07. The van der Waals surface area contributed by atoms with Gasteiger partial charge in [0.2, 0.25) is 0 Å². The van der Waals surface area contributed by atoms with Crippen LogP contribution in [0.4, 0.5) is 10.5 Å². The van der Waals surface area contributed by atoms with Crippen molar-refractivity contribution in [1.29, 1.82) is 0 Å². The molecular weight excluding hydrogens is 358 g/mol. The van der Waals surface area contributed by atoms with Crippen molar-refractivity contribution in [3.63, 3.8) is 0 Å². The van der Waals surface area contributed by atoms with Gasteiger partial charge in [-0.25, -0.2) is 4.79 Å². The molecule has 4 heteroatoms. The molecule has 5 rings (SSSR count). The first-order valence-corrected chi connectivity index (χ1v) is 9.98. The van der Waals surface area contributed by atoms with Crippen LogP contribution in [0.15, 0.2) is 72.9 Å². The molecule has 0 saturated heterocycles. The first kappa shape index (κ1) is 17.6. The van der Waals surface area contributed by atoms with E-state index in [2.05, 4.69) is 71.8 Å². The second kappa shape index (κ2) is 7.13. The van der Waals surface area contributed by atoms with Crippen LogP contribution in [0.3, 0.4) is 0 Å². The third-order valence-electron chi connectivity index (χ3n) is 5.69. The summed E-state index contributed by atoms with van der Waals surface area (Å²) < 4.78 is 0. The van der Waals surface area contributed by atoms with Crippen molar-refractivity contribution < 1.29 is 4.79 Å². The fraction of sp³-hybridized carbons (Fsp3) is 0.160. The molecule has 2 amide bonds. The number of aryl methyl sites for hydroxylation is 1. The SMILES string of the molecule is Cc1ccc2[nH]cc(NC(=O)N3CCc4cc(-c5ccccc5)ccc4C3)c2c1. The lowest BCUT2D eigenvalue weighted by molar-refractivity contribution is 0.206. The van der Waals surface area contributed by atoms with Gasteiger partial charge in [0.05, 0.1) is 5.69 Å². The molecule has 0 bridgehead atoms. The molecule has 1 aromatic heterocycles. The molecule has 4 aromatic rings. The van der Waals surface area contributed by atoms with Gasteiger partial charge in [0.15, 0.2) is 0 Å². The average molecular weight is 381 g/mol. The summed E-state index contributed by atoms with van der Waals surface area (Å²) in [6.45, 7) is 3.42. The summed E-state index contributed by atoms with van der Waals surface area (Å²) in [6.07, 6.45) is 2.74. The summed E-state index contributed by atoms with van der Waals surface area (Å²) in [5.74, 6) is 0. The van der Waals surface area contributed by atoms with E-state index < -0.39 is 0 Å². The van der Waals surface area contributed by atoms with Crippen molar-refractivity contribution in [3.8, 4) is 11.1 Å². The Kier molecular flexibility index (Phi) is 4.32. The third kappa shape index (κ3) is 3.38. The Balaban J connectivity index is 1.34. The maximum Gasteiger partial charge on any atom is 0.322 e. The van der Waals surface area contributed by atoms with E-state index in [0.29, 0.717) is 6.54 Å². The molecule has 1 aliphatic rings. The van der Waals surface area contributed by atoms with Gasteiger partial charge in [-0.3, -0.25) is 0 Å². The number of H-pyrrole nitrogens is 1. The molecular formula is C25H23N3O. The lowest BCUT2D eigenvalue weighted by Crippen LogP contribution is -2.38. The summed E-state index contributed by atoms with van der Waals surface area (Å²) in [7, 11) is 0. The molecule has 29 heavy (non-hydrogen) atoms. The van der Waals surface area contributed by atoms with Crippen molar-refractivity contribution in [1.82, 2.24) is 9.88 Å². The number of amides is 2. The zero-order chi connectivity index (χ0) is 19.8. The second-order valence-corrected chi connectivity index (χ2v) is 7.70. The molecule has 0 radical (unpaired) electrons. The first-order chi connectivity index (χ1) is 14.2. The second-order valence-electron chi connectivity index (χ2n) is 7.70. The summed E-state index contributed by atoms with van der Waals surface area (Å²) in [5, 5.41) is 4.13. The van der Waals surface area contributed by atoms with Gasteiger partial charge in [0.25, 0.3) is 0 Å². The number of hydrogen-bond donors (Lipinski definition) is 2. The number of rotatable bonds is 2. The molecule has 3 aromatic carbocycles. The fourth-order valence-electron chi connectivity index (χ4n) is 4.07. The zero-order valence-corrected chi connectivity index (χ0v) is 16.4. The number of carbonyl (C=O) groups is 1. The highest BCUT2D eigenvalue weighted by Crippen LogP contribution is 2.28. The normalized spacial score (nSPS) is 13.3. The molecule has 4 nitrogen and oxygen atoms in total. The van der Waals surface area contributed by atoms with E-state index in [9.17, 15) is 4.79 Å². The van der Waals surface area contributed by atoms with Gasteiger partial charge in [-0.15, -0.1) is 0 Å². The summed E-state index contributed by atoms with van der Waals surface area (Å²) >= 11 is 0. The third-order valence-corrected chi connectivity index (χ3v) is 5.69. The predicted molar refractivity (Wildman–Crippen MR) is 118 cm³/mol.